The number of rotatable bonds is 2. The van der Waals surface area contributed by atoms with E-state index in [1.54, 1.807) is 0 Å². The van der Waals surface area contributed by atoms with Crippen LogP contribution in [0.5, 0.6) is 0 Å². The summed E-state index contributed by atoms with van der Waals surface area (Å²) in [6.45, 7) is 11.1. The lowest BCUT2D eigenvalue weighted by Crippen LogP contribution is -2.40. The van der Waals surface area contributed by atoms with E-state index in [0.29, 0.717) is 0 Å². The van der Waals surface area contributed by atoms with Crippen molar-refractivity contribution in [2.75, 3.05) is 53.4 Å². The molecule has 3 heteroatoms. The number of nitrogens with zero attached hydrogens (tertiary/aromatic N) is 2. The maximum absolute atomic E-state index is 3.76. The number of piperidine rings is 1. The summed E-state index contributed by atoms with van der Waals surface area (Å²) >= 11 is 0. The average Bonchev–Trinajstić information content (AvgIpc) is 2.34. The molecule has 0 aromatic rings. The third-order valence-corrected chi connectivity index (χ3v) is 3.68. The number of allylic oxidation sites excluding steroid dienone is 1. The molecule has 3 nitrogen and oxygen atoms in total. The second-order valence-electron chi connectivity index (χ2n) is 5.32. The first-order chi connectivity index (χ1) is 8.22. The molecular weight excluding hydrogens is 210 g/mol. The van der Waals surface area contributed by atoms with Crippen LogP contribution in [0.4, 0.5) is 0 Å². The van der Waals surface area contributed by atoms with Crippen LogP contribution in [0, 0.1) is 5.92 Å². The third-order valence-electron chi connectivity index (χ3n) is 3.68. The predicted molar refractivity (Wildman–Crippen MR) is 75.4 cm³/mol. The van der Waals surface area contributed by atoms with Gasteiger partial charge in [-0.05, 0) is 52.4 Å². The smallest absolute Gasteiger partial charge is 0.0104 e. The molecular formula is C14H29N3. The van der Waals surface area contributed by atoms with E-state index < -0.39 is 0 Å². The fourth-order valence-corrected chi connectivity index (χ4v) is 2.31. The zero-order valence-corrected chi connectivity index (χ0v) is 11.6. The van der Waals surface area contributed by atoms with Gasteiger partial charge < -0.3 is 15.1 Å². The molecule has 100 valence electrons. The van der Waals surface area contributed by atoms with Crippen LogP contribution in [0.2, 0.25) is 0 Å². The Morgan fingerprint density at radius 3 is 2.00 bits per heavy atom. The highest BCUT2D eigenvalue weighted by Gasteiger charge is 2.14. The van der Waals surface area contributed by atoms with E-state index in [0.717, 1.165) is 19.0 Å². The van der Waals surface area contributed by atoms with Crippen LogP contribution in [-0.2, 0) is 0 Å². The summed E-state index contributed by atoms with van der Waals surface area (Å²) in [5, 5.41) is 3.27. The van der Waals surface area contributed by atoms with Crippen molar-refractivity contribution in [1.29, 1.82) is 0 Å². The Kier molecular flexibility index (Phi) is 7.49. The highest BCUT2D eigenvalue weighted by molar-refractivity contribution is 4.77. The first-order valence-electron chi connectivity index (χ1n) is 6.91. The van der Waals surface area contributed by atoms with Gasteiger partial charge in [-0.3, -0.25) is 0 Å². The molecule has 2 fully saturated rings. The third kappa shape index (κ3) is 6.81. The SMILES string of the molecule is C=CCC1CCN(C)CC1.CN1CCNCC1. The molecule has 0 bridgehead atoms. The number of hydrogen-bond acceptors (Lipinski definition) is 3. The van der Waals surface area contributed by atoms with Crippen molar-refractivity contribution >= 4 is 0 Å². The van der Waals surface area contributed by atoms with E-state index in [-0.39, 0.29) is 0 Å². The number of hydrogen-bond donors (Lipinski definition) is 1. The molecule has 2 rings (SSSR count). The van der Waals surface area contributed by atoms with Crippen molar-refractivity contribution in [3.8, 4) is 0 Å². The lowest BCUT2D eigenvalue weighted by molar-refractivity contribution is 0.221. The van der Waals surface area contributed by atoms with Crippen molar-refractivity contribution < 1.29 is 0 Å². The van der Waals surface area contributed by atoms with Gasteiger partial charge in [0.2, 0.25) is 0 Å². The van der Waals surface area contributed by atoms with Crippen LogP contribution in [0.3, 0.4) is 0 Å². The van der Waals surface area contributed by atoms with Gasteiger partial charge >= 0.3 is 0 Å². The number of likely N-dealkylation sites (tertiary alicyclic amines) is 1. The predicted octanol–water partition coefficient (Wildman–Crippen LogP) is 1.43. The van der Waals surface area contributed by atoms with Crippen molar-refractivity contribution in [3.63, 3.8) is 0 Å². The number of nitrogens with one attached hydrogen (secondary N) is 1. The summed E-state index contributed by atoms with van der Waals surface area (Å²) in [4.78, 5) is 4.73. The summed E-state index contributed by atoms with van der Waals surface area (Å²) < 4.78 is 0. The lowest BCUT2D eigenvalue weighted by atomic mass is 9.94. The molecule has 0 aliphatic carbocycles. The van der Waals surface area contributed by atoms with Crippen LogP contribution >= 0.6 is 0 Å². The summed E-state index contributed by atoms with van der Waals surface area (Å²) in [7, 11) is 4.35. The molecule has 0 unspecified atom stereocenters. The quantitative estimate of drug-likeness (QED) is 0.735. The standard InChI is InChI=1S/C9H17N.C5H12N2/c1-3-4-9-5-7-10(2)8-6-9;1-7-4-2-6-3-5-7/h3,9H,1,4-8H2,2H3;6H,2-5H2,1H3. The fourth-order valence-electron chi connectivity index (χ4n) is 2.31. The van der Waals surface area contributed by atoms with Gasteiger partial charge in [0.05, 0.1) is 0 Å². The Balaban J connectivity index is 0.000000181. The van der Waals surface area contributed by atoms with Gasteiger partial charge in [0.1, 0.15) is 0 Å². The summed E-state index contributed by atoms with van der Waals surface area (Å²) in [6.07, 6.45) is 5.99. The molecule has 17 heavy (non-hydrogen) atoms. The number of piperazine rings is 1. The maximum Gasteiger partial charge on any atom is 0.0104 e. The molecule has 2 aliphatic rings. The van der Waals surface area contributed by atoms with Gasteiger partial charge in [-0.1, -0.05) is 6.08 Å². The van der Waals surface area contributed by atoms with Crippen LogP contribution in [0.1, 0.15) is 19.3 Å². The van der Waals surface area contributed by atoms with Crippen LogP contribution in [0.25, 0.3) is 0 Å². The van der Waals surface area contributed by atoms with Crippen molar-refractivity contribution in [2.45, 2.75) is 19.3 Å². The summed E-state index contributed by atoms with van der Waals surface area (Å²) in [5.74, 6) is 0.925. The topological polar surface area (TPSA) is 18.5 Å². The normalized spacial score (nSPS) is 23.9. The van der Waals surface area contributed by atoms with E-state index in [9.17, 15) is 0 Å². The molecule has 0 aromatic heterocycles. The molecule has 0 amide bonds. The van der Waals surface area contributed by atoms with Gasteiger partial charge in [-0.15, -0.1) is 6.58 Å². The van der Waals surface area contributed by atoms with E-state index >= 15 is 0 Å². The molecule has 1 N–H and O–H groups in total. The molecule has 0 aromatic carbocycles. The molecule has 0 saturated carbocycles. The fraction of sp³-hybridized carbons (Fsp3) is 0.857. The van der Waals surface area contributed by atoms with Gasteiger partial charge in [0.25, 0.3) is 0 Å². The second-order valence-corrected chi connectivity index (χ2v) is 5.32. The minimum absolute atomic E-state index is 0.925. The van der Waals surface area contributed by atoms with Crippen molar-refractivity contribution in [2.24, 2.45) is 5.92 Å². The summed E-state index contributed by atoms with van der Waals surface area (Å²) in [5.41, 5.74) is 0. The van der Waals surface area contributed by atoms with Crippen molar-refractivity contribution in [3.05, 3.63) is 12.7 Å². The minimum Gasteiger partial charge on any atom is -0.314 e. The van der Waals surface area contributed by atoms with E-state index in [1.165, 1.54) is 45.4 Å². The first kappa shape index (κ1) is 14.7. The molecule has 2 saturated heterocycles. The van der Waals surface area contributed by atoms with Crippen LogP contribution < -0.4 is 5.32 Å². The lowest BCUT2D eigenvalue weighted by Gasteiger charge is -2.27. The molecule has 2 aliphatic heterocycles. The maximum atomic E-state index is 3.76. The van der Waals surface area contributed by atoms with E-state index in [4.69, 9.17) is 0 Å². The van der Waals surface area contributed by atoms with Crippen molar-refractivity contribution in [1.82, 2.24) is 15.1 Å². The average molecular weight is 239 g/mol. The zero-order chi connectivity index (χ0) is 12.5. The first-order valence-corrected chi connectivity index (χ1v) is 6.91. The van der Waals surface area contributed by atoms with Gasteiger partial charge in [0, 0.05) is 26.2 Å². The monoisotopic (exact) mass is 239 g/mol. The number of likely N-dealkylation sites (N-methyl/N-ethyl adjacent to an activating group) is 1. The molecule has 0 radical (unpaired) electrons. The van der Waals surface area contributed by atoms with Gasteiger partial charge in [0.15, 0.2) is 0 Å². The molecule has 0 atom stereocenters. The Hall–Kier alpha value is -0.380. The van der Waals surface area contributed by atoms with Gasteiger partial charge in [-0.25, -0.2) is 0 Å². The second kappa shape index (κ2) is 8.67. The Morgan fingerprint density at radius 2 is 1.59 bits per heavy atom. The Bertz CT molecular complexity index is 192. The molecule has 0 spiro atoms. The Morgan fingerprint density at radius 1 is 1.06 bits per heavy atom. The highest BCUT2D eigenvalue weighted by Crippen LogP contribution is 2.19. The molecule has 2 heterocycles. The summed E-state index contributed by atoms with van der Waals surface area (Å²) in [6, 6.07) is 0. The highest BCUT2D eigenvalue weighted by atomic mass is 15.2. The van der Waals surface area contributed by atoms with E-state index in [2.05, 4.69) is 41.9 Å². The van der Waals surface area contributed by atoms with E-state index in [1.807, 2.05) is 0 Å². The zero-order valence-electron chi connectivity index (χ0n) is 11.6. The van der Waals surface area contributed by atoms with Crippen LogP contribution in [0.15, 0.2) is 12.7 Å². The Labute approximate surface area is 107 Å². The minimum atomic E-state index is 0.925. The van der Waals surface area contributed by atoms with Gasteiger partial charge in [-0.2, -0.15) is 0 Å². The van der Waals surface area contributed by atoms with Crippen LogP contribution in [-0.4, -0.2) is 63.2 Å². The largest absolute Gasteiger partial charge is 0.314 e.